The third-order valence-corrected chi connectivity index (χ3v) is 4.74. The predicted octanol–water partition coefficient (Wildman–Crippen LogP) is 2.29. The zero-order valence-electron chi connectivity index (χ0n) is 14.3. The molecule has 0 radical (unpaired) electrons. The van der Waals surface area contributed by atoms with E-state index in [9.17, 15) is 9.90 Å². The first-order chi connectivity index (χ1) is 12.2. The summed E-state index contributed by atoms with van der Waals surface area (Å²) in [5.74, 6) is 0.0185. The van der Waals surface area contributed by atoms with Crippen molar-refractivity contribution in [2.45, 2.75) is 38.0 Å². The van der Waals surface area contributed by atoms with Gasteiger partial charge in [0.1, 0.15) is 0 Å². The maximum absolute atomic E-state index is 12.2. The molecule has 1 aromatic heterocycles. The van der Waals surface area contributed by atoms with E-state index >= 15 is 0 Å². The number of rotatable bonds is 7. The third-order valence-electron chi connectivity index (χ3n) is 4.74. The van der Waals surface area contributed by atoms with Crippen molar-refractivity contribution in [2.75, 3.05) is 13.1 Å². The lowest BCUT2D eigenvalue weighted by Crippen LogP contribution is -2.40. The topological polar surface area (TPSA) is 65.5 Å². The molecule has 1 aliphatic rings. The van der Waals surface area contributed by atoms with Crippen LogP contribution in [0.5, 0.6) is 0 Å². The highest BCUT2D eigenvalue weighted by molar-refractivity contribution is 5.78. The van der Waals surface area contributed by atoms with Gasteiger partial charge in [0, 0.05) is 25.0 Å². The number of amides is 1. The Balaban J connectivity index is 1.48. The van der Waals surface area contributed by atoms with Crippen molar-refractivity contribution in [3.05, 3.63) is 66.0 Å². The van der Waals surface area contributed by atoms with Gasteiger partial charge in [0.25, 0.3) is 0 Å². The largest absolute Gasteiger partial charge is 0.388 e. The van der Waals surface area contributed by atoms with Crippen molar-refractivity contribution in [1.29, 1.82) is 0 Å². The number of likely N-dealkylation sites (tertiary alicyclic amines) is 1. The summed E-state index contributed by atoms with van der Waals surface area (Å²) in [6.07, 6.45) is 5.76. The highest BCUT2D eigenvalue weighted by atomic mass is 16.3. The highest BCUT2D eigenvalue weighted by Gasteiger charge is 2.28. The van der Waals surface area contributed by atoms with Crippen LogP contribution in [-0.2, 0) is 11.3 Å². The normalized spacial score (nSPS) is 18.8. The molecule has 1 amide bonds. The summed E-state index contributed by atoms with van der Waals surface area (Å²) in [5, 5.41) is 13.4. The number of nitrogens with one attached hydrogen (secondary N) is 1. The first-order valence-corrected chi connectivity index (χ1v) is 8.85. The van der Waals surface area contributed by atoms with E-state index in [2.05, 4.69) is 15.2 Å². The van der Waals surface area contributed by atoms with Gasteiger partial charge in [0.15, 0.2) is 0 Å². The number of aliphatic hydroxyl groups is 1. The summed E-state index contributed by atoms with van der Waals surface area (Å²) in [5.41, 5.74) is 1.93. The van der Waals surface area contributed by atoms with E-state index in [-0.39, 0.29) is 11.9 Å². The number of aromatic nitrogens is 1. The number of hydrogen-bond acceptors (Lipinski definition) is 4. The molecule has 0 aliphatic carbocycles. The second-order valence-corrected chi connectivity index (χ2v) is 6.57. The molecule has 1 aromatic carbocycles. The lowest BCUT2D eigenvalue weighted by molar-refractivity contribution is -0.122. The highest BCUT2D eigenvalue weighted by Crippen LogP contribution is 2.27. The minimum Gasteiger partial charge on any atom is -0.388 e. The predicted molar refractivity (Wildman–Crippen MR) is 96.7 cm³/mol. The summed E-state index contributed by atoms with van der Waals surface area (Å²) < 4.78 is 0. The minimum atomic E-state index is -0.481. The van der Waals surface area contributed by atoms with Crippen LogP contribution in [0.2, 0.25) is 0 Å². The standard InChI is InChI=1S/C20H25N3O2/c24-19(17-7-2-1-3-8-17)12-18-9-5-11-23(18)15-20(25)22-14-16-6-4-10-21-13-16/h1-4,6-8,10,13,18-19,24H,5,9,11-12,14-15H2,(H,22,25)/t18-,19+/m0/s1. The Hall–Kier alpha value is -2.24. The van der Waals surface area contributed by atoms with Crippen LogP contribution < -0.4 is 5.32 Å². The number of carbonyl (C=O) groups is 1. The maximum atomic E-state index is 12.2. The van der Waals surface area contributed by atoms with Crippen LogP contribution in [0.25, 0.3) is 0 Å². The molecule has 2 atom stereocenters. The molecule has 0 spiro atoms. The summed E-state index contributed by atoms with van der Waals surface area (Å²) in [6, 6.07) is 13.8. The molecule has 0 unspecified atom stereocenters. The van der Waals surface area contributed by atoms with Crippen molar-refractivity contribution < 1.29 is 9.90 Å². The molecule has 0 saturated carbocycles. The Kier molecular flexibility index (Phi) is 6.14. The van der Waals surface area contributed by atoms with E-state index < -0.39 is 6.10 Å². The van der Waals surface area contributed by atoms with E-state index in [0.29, 0.717) is 19.5 Å². The first-order valence-electron chi connectivity index (χ1n) is 8.85. The number of carbonyl (C=O) groups excluding carboxylic acids is 1. The number of pyridine rings is 1. The number of nitrogens with zero attached hydrogens (tertiary/aromatic N) is 2. The number of aliphatic hydroxyl groups excluding tert-OH is 1. The van der Waals surface area contributed by atoms with Crippen molar-refractivity contribution in [3.63, 3.8) is 0 Å². The number of hydrogen-bond donors (Lipinski definition) is 2. The zero-order chi connectivity index (χ0) is 17.5. The summed E-state index contributed by atoms with van der Waals surface area (Å²) in [7, 11) is 0. The lowest BCUT2D eigenvalue weighted by atomic mass is 10.0. The van der Waals surface area contributed by atoms with Crippen molar-refractivity contribution in [3.8, 4) is 0 Å². The van der Waals surface area contributed by atoms with Gasteiger partial charge in [-0.15, -0.1) is 0 Å². The van der Waals surface area contributed by atoms with Gasteiger partial charge in [-0.05, 0) is 43.0 Å². The molecule has 2 N–H and O–H groups in total. The van der Waals surface area contributed by atoms with E-state index in [0.717, 1.165) is 30.5 Å². The van der Waals surface area contributed by atoms with Crippen LogP contribution in [0.3, 0.4) is 0 Å². The fourth-order valence-electron chi connectivity index (χ4n) is 3.38. The Bertz CT molecular complexity index is 663. The second kappa shape index (κ2) is 8.74. The molecule has 5 heteroatoms. The lowest BCUT2D eigenvalue weighted by Gasteiger charge is -2.26. The van der Waals surface area contributed by atoms with Crippen LogP contribution >= 0.6 is 0 Å². The average molecular weight is 339 g/mol. The van der Waals surface area contributed by atoms with Crippen LogP contribution in [0.1, 0.15) is 36.5 Å². The van der Waals surface area contributed by atoms with E-state index in [1.165, 1.54) is 0 Å². The molecule has 132 valence electrons. The van der Waals surface area contributed by atoms with E-state index in [1.54, 1.807) is 12.4 Å². The van der Waals surface area contributed by atoms with Gasteiger partial charge < -0.3 is 10.4 Å². The van der Waals surface area contributed by atoms with E-state index in [1.807, 2.05) is 42.5 Å². The Morgan fingerprint density at radius 3 is 2.88 bits per heavy atom. The fraction of sp³-hybridized carbons (Fsp3) is 0.400. The van der Waals surface area contributed by atoms with Gasteiger partial charge in [0.05, 0.1) is 12.6 Å². The fourth-order valence-corrected chi connectivity index (χ4v) is 3.38. The second-order valence-electron chi connectivity index (χ2n) is 6.57. The summed E-state index contributed by atoms with van der Waals surface area (Å²) in [6.45, 7) is 1.79. The van der Waals surface area contributed by atoms with Crippen LogP contribution in [0.15, 0.2) is 54.9 Å². The maximum Gasteiger partial charge on any atom is 0.234 e. The molecular weight excluding hydrogens is 314 g/mol. The van der Waals surface area contributed by atoms with Gasteiger partial charge in [0.2, 0.25) is 5.91 Å². The molecule has 2 aromatic rings. The molecule has 1 saturated heterocycles. The monoisotopic (exact) mass is 339 g/mol. The van der Waals surface area contributed by atoms with Crippen molar-refractivity contribution >= 4 is 5.91 Å². The number of benzene rings is 1. The van der Waals surface area contributed by atoms with Gasteiger partial charge in [-0.25, -0.2) is 0 Å². The Morgan fingerprint density at radius 1 is 1.28 bits per heavy atom. The Labute approximate surface area is 148 Å². The van der Waals surface area contributed by atoms with Crippen LogP contribution in [-0.4, -0.2) is 40.0 Å². The van der Waals surface area contributed by atoms with E-state index in [4.69, 9.17) is 0 Å². The van der Waals surface area contributed by atoms with Gasteiger partial charge >= 0.3 is 0 Å². The summed E-state index contributed by atoms with van der Waals surface area (Å²) in [4.78, 5) is 18.5. The minimum absolute atomic E-state index is 0.0185. The van der Waals surface area contributed by atoms with Crippen molar-refractivity contribution in [1.82, 2.24) is 15.2 Å². The smallest absolute Gasteiger partial charge is 0.234 e. The molecule has 2 heterocycles. The quantitative estimate of drug-likeness (QED) is 0.812. The molecule has 5 nitrogen and oxygen atoms in total. The molecule has 0 bridgehead atoms. The SMILES string of the molecule is O=C(CN1CCC[C@H]1C[C@@H](O)c1ccccc1)NCc1cccnc1. The molecule has 3 rings (SSSR count). The average Bonchev–Trinajstić information content (AvgIpc) is 3.08. The molecule has 1 aliphatic heterocycles. The Morgan fingerprint density at radius 2 is 2.12 bits per heavy atom. The molecule has 25 heavy (non-hydrogen) atoms. The van der Waals surface area contributed by atoms with Crippen molar-refractivity contribution in [2.24, 2.45) is 0 Å². The van der Waals surface area contributed by atoms with Crippen LogP contribution in [0.4, 0.5) is 0 Å². The van der Waals surface area contributed by atoms with Crippen LogP contribution in [0, 0.1) is 0 Å². The first kappa shape index (κ1) is 17.6. The molecular formula is C20H25N3O2. The third kappa shape index (κ3) is 5.11. The van der Waals surface area contributed by atoms with Gasteiger partial charge in [-0.1, -0.05) is 36.4 Å². The summed E-state index contributed by atoms with van der Waals surface area (Å²) >= 11 is 0. The zero-order valence-corrected chi connectivity index (χ0v) is 14.3. The molecule has 1 fully saturated rings. The van der Waals surface area contributed by atoms with Gasteiger partial charge in [-0.3, -0.25) is 14.7 Å². The van der Waals surface area contributed by atoms with Gasteiger partial charge in [-0.2, -0.15) is 0 Å².